The second-order valence-corrected chi connectivity index (χ2v) is 3.27. The molecule has 0 saturated carbocycles. The first-order valence-electron chi connectivity index (χ1n) is 3.51. The molecule has 0 spiro atoms. The molecular weight excluding hydrogens is 96.1 g/mol. The van der Waals surface area contributed by atoms with E-state index < -0.39 is 0 Å². The van der Waals surface area contributed by atoms with Gasteiger partial charge in [0.2, 0.25) is 0 Å². The van der Waals surface area contributed by atoms with Crippen molar-refractivity contribution in [1.82, 2.24) is 0 Å². The zero-order valence-electron chi connectivity index (χ0n) is 5.57. The SMILES string of the molecule is CC1CC(C)C2=C1C2. The van der Waals surface area contributed by atoms with E-state index in [4.69, 9.17) is 0 Å². The van der Waals surface area contributed by atoms with Crippen LogP contribution in [-0.2, 0) is 0 Å². The molecule has 2 rings (SSSR count). The fourth-order valence-electron chi connectivity index (χ4n) is 1.96. The molecule has 0 aromatic carbocycles. The molecule has 2 unspecified atom stereocenters. The molecule has 0 aliphatic heterocycles. The minimum absolute atomic E-state index is 0.944. The molecule has 2 aliphatic rings. The third-order valence-electron chi connectivity index (χ3n) is 2.57. The highest BCUT2D eigenvalue weighted by Crippen LogP contribution is 2.51. The maximum absolute atomic E-state index is 2.35. The average molecular weight is 108 g/mol. The fourth-order valence-corrected chi connectivity index (χ4v) is 1.96. The number of hydrogen-bond acceptors (Lipinski definition) is 0. The Bertz CT molecular complexity index is 137. The summed E-state index contributed by atoms with van der Waals surface area (Å²) >= 11 is 0. The molecule has 2 aliphatic carbocycles. The normalized spacial score (nSPS) is 42.8. The van der Waals surface area contributed by atoms with Gasteiger partial charge in [0.05, 0.1) is 0 Å². The van der Waals surface area contributed by atoms with Gasteiger partial charge in [-0.3, -0.25) is 0 Å². The topological polar surface area (TPSA) is 0 Å². The van der Waals surface area contributed by atoms with Crippen LogP contribution in [-0.4, -0.2) is 0 Å². The van der Waals surface area contributed by atoms with Gasteiger partial charge in [-0.15, -0.1) is 0 Å². The molecular formula is C8H12. The summed E-state index contributed by atoms with van der Waals surface area (Å²) in [4.78, 5) is 0. The van der Waals surface area contributed by atoms with Crippen LogP contribution in [0.1, 0.15) is 26.7 Å². The maximum Gasteiger partial charge on any atom is -0.00973 e. The van der Waals surface area contributed by atoms with Gasteiger partial charge in [-0.2, -0.15) is 0 Å². The van der Waals surface area contributed by atoms with Crippen LogP contribution < -0.4 is 0 Å². The molecule has 0 bridgehead atoms. The van der Waals surface area contributed by atoms with Gasteiger partial charge in [0.1, 0.15) is 0 Å². The van der Waals surface area contributed by atoms with E-state index in [1.54, 1.807) is 11.1 Å². The molecule has 0 fully saturated rings. The lowest BCUT2D eigenvalue weighted by molar-refractivity contribution is 0.535. The first-order chi connectivity index (χ1) is 3.79. The summed E-state index contributed by atoms with van der Waals surface area (Å²) in [5, 5.41) is 0. The van der Waals surface area contributed by atoms with Crippen molar-refractivity contribution in [3.05, 3.63) is 11.1 Å². The molecule has 44 valence electrons. The molecule has 2 atom stereocenters. The third kappa shape index (κ3) is 0.410. The summed E-state index contributed by atoms with van der Waals surface area (Å²) in [6, 6.07) is 0. The van der Waals surface area contributed by atoms with Gasteiger partial charge in [0.25, 0.3) is 0 Å². The van der Waals surface area contributed by atoms with E-state index in [1.165, 1.54) is 12.8 Å². The molecule has 0 nitrogen and oxygen atoms in total. The van der Waals surface area contributed by atoms with E-state index in [2.05, 4.69) is 13.8 Å². The van der Waals surface area contributed by atoms with Gasteiger partial charge < -0.3 is 0 Å². The van der Waals surface area contributed by atoms with Crippen LogP contribution in [0.5, 0.6) is 0 Å². The lowest BCUT2D eigenvalue weighted by Gasteiger charge is -2.07. The Morgan fingerprint density at radius 1 is 1.12 bits per heavy atom. The van der Waals surface area contributed by atoms with E-state index in [9.17, 15) is 0 Å². The summed E-state index contributed by atoms with van der Waals surface area (Å²) in [5.41, 5.74) is 3.58. The van der Waals surface area contributed by atoms with E-state index in [1.807, 2.05) is 0 Å². The first kappa shape index (κ1) is 4.60. The van der Waals surface area contributed by atoms with Gasteiger partial charge in [-0.05, 0) is 24.7 Å². The van der Waals surface area contributed by atoms with Crippen LogP contribution in [0.4, 0.5) is 0 Å². The molecule has 0 heterocycles. The van der Waals surface area contributed by atoms with Crippen LogP contribution in [0.25, 0.3) is 0 Å². The molecule has 0 heteroatoms. The first-order valence-corrected chi connectivity index (χ1v) is 3.51. The van der Waals surface area contributed by atoms with Crippen molar-refractivity contribution in [2.45, 2.75) is 26.7 Å². The van der Waals surface area contributed by atoms with Crippen LogP contribution in [0, 0.1) is 11.8 Å². The predicted molar refractivity (Wildman–Crippen MR) is 34.6 cm³/mol. The predicted octanol–water partition coefficient (Wildman–Crippen LogP) is 2.36. The zero-order chi connectivity index (χ0) is 5.72. The molecule has 0 aromatic heterocycles. The highest BCUT2D eigenvalue weighted by Gasteiger charge is 2.37. The van der Waals surface area contributed by atoms with Crippen molar-refractivity contribution in [2.24, 2.45) is 11.8 Å². The highest BCUT2D eigenvalue weighted by atomic mass is 14.4. The van der Waals surface area contributed by atoms with Crippen molar-refractivity contribution in [1.29, 1.82) is 0 Å². The van der Waals surface area contributed by atoms with Gasteiger partial charge in [-0.1, -0.05) is 25.0 Å². The zero-order valence-corrected chi connectivity index (χ0v) is 5.57. The minimum atomic E-state index is 0.944. The molecule has 0 amide bonds. The monoisotopic (exact) mass is 108 g/mol. The summed E-state index contributed by atoms with van der Waals surface area (Å²) in [5.74, 6) is 1.89. The van der Waals surface area contributed by atoms with Crippen molar-refractivity contribution in [3.8, 4) is 0 Å². The number of hydrogen-bond donors (Lipinski definition) is 0. The number of allylic oxidation sites excluding steroid dienone is 2. The Hall–Kier alpha value is -0.260. The smallest absolute Gasteiger partial charge is 0.00973 e. The molecule has 0 N–H and O–H groups in total. The highest BCUT2D eigenvalue weighted by molar-refractivity contribution is 5.42. The van der Waals surface area contributed by atoms with E-state index in [0.29, 0.717) is 0 Å². The molecule has 8 heavy (non-hydrogen) atoms. The van der Waals surface area contributed by atoms with E-state index >= 15 is 0 Å². The number of rotatable bonds is 0. The van der Waals surface area contributed by atoms with Crippen molar-refractivity contribution < 1.29 is 0 Å². The van der Waals surface area contributed by atoms with Gasteiger partial charge in [0.15, 0.2) is 0 Å². The van der Waals surface area contributed by atoms with Crippen molar-refractivity contribution in [3.63, 3.8) is 0 Å². The van der Waals surface area contributed by atoms with E-state index in [-0.39, 0.29) is 0 Å². The molecule has 0 radical (unpaired) electrons. The van der Waals surface area contributed by atoms with Gasteiger partial charge in [0, 0.05) is 0 Å². The Labute approximate surface area is 50.6 Å². The molecule has 0 saturated heterocycles. The molecule has 0 aromatic rings. The van der Waals surface area contributed by atoms with Crippen molar-refractivity contribution >= 4 is 0 Å². The van der Waals surface area contributed by atoms with Gasteiger partial charge in [-0.25, -0.2) is 0 Å². The summed E-state index contributed by atoms with van der Waals surface area (Å²) in [6.45, 7) is 4.71. The van der Waals surface area contributed by atoms with Crippen LogP contribution in [0.3, 0.4) is 0 Å². The second kappa shape index (κ2) is 1.18. The summed E-state index contributed by atoms with van der Waals surface area (Å²) in [6.07, 6.45) is 2.83. The fraction of sp³-hybridized carbons (Fsp3) is 0.750. The minimum Gasteiger partial charge on any atom is -0.0635 e. The quantitative estimate of drug-likeness (QED) is 0.418. The standard InChI is InChI=1S/C8H12/c1-5-3-6(2)8-4-7(5)8/h5-6H,3-4H2,1-2H3. The van der Waals surface area contributed by atoms with Gasteiger partial charge >= 0.3 is 0 Å². The Kier molecular flexibility index (Phi) is 0.677. The average Bonchev–Trinajstić information content (AvgIpc) is 2.35. The lowest BCUT2D eigenvalue weighted by Crippen LogP contribution is -1.96. The Morgan fingerprint density at radius 3 is 1.75 bits per heavy atom. The van der Waals surface area contributed by atoms with Crippen LogP contribution in [0.2, 0.25) is 0 Å². The van der Waals surface area contributed by atoms with Crippen molar-refractivity contribution in [2.75, 3.05) is 0 Å². The van der Waals surface area contributed by atoms with E-state index in [0.717, 1.165) is 11.8 Å². The van der Waals surface area contributed by atoms with Crippen LogP contribution >= 0.6 is 0 Å². The third-order valence-corrected chi connectivity index (χ3v) is 2.57. The Morgan fingerprint density at radius 2 is 1.62 bits per heavy atom. The lowest BCUT2D eigenvalue weighted by atomic mass is 9.97. The van der Waals surface area contributed by atoms with Crippen LogP contribution in [0.15, 0.2) is 11.1 Å². The largest absolute Gasteiger partial charge is 0.0635 e. The summed E-state index contributed by atoms with van der Waals surface area (Å²) < 4.78 is 0. The maximum atomic E-state index is 2.35. The summed E-state index contributed by atoms with van der Waals surface area (Å²) in [7, 11) is 0. The second-order valence-electron chi connectivity index (χ2n) is 3.27. The Balaban J connectivity index is 2.22.